The topological polar surface area (TPSA) is 138 Å². The Labute approximate surface area is 273 Å². The summed E-state index contributed by atoms with van der Waals surface area (Å²) in [5.41, 5.74) is 2.79. The van der Waals surface area contributed by atoms with Gasteiger partial charge < -0.3 is 19.5 Å². The van der Waals surface area contributed by atoms with Crippen molar-refractivity contribution in [3.8, 4) is 28.6 Å². The number of ether oxygens (including phenoxy) is 2. The molecule has 2 N–H and O–H groups in total. The molecule has 3 aromatic heterocycles. The van der Waals surface area contributed by atoms with Crippen LogP contribution in [0.3, 0.4) is 0 Å². The van der Waals surface area contributed by atoms with Crippen molar-refractivity contribution in [3.05, 3.63) is 34.8 Å². The molecule has 0 radical (unpaired) electrons. The van der Waals surface area contributed by atoms with Crippen LogP contribution in [0.2, 0.25) is 0 Å². The van der Waals surface area contributed by atoms with Crippen LogP contribution in [0.1, 0.15) is 57.4 Å². The lowest BCUT2D eigenvalue weighted by Crippen LogP contribution is -2.42. The average molecular weight is 664 g/mol. The first-order valence-corrected chi connectivity index (χ1v) is 17.1. The zero-order chi connectivity index (χ0) is 32.8. The number of hydrogen-bond donors (Lipinski definition) is 2. The molecule has 1 spiro atoms. The van der Waals surface area contributed by atoms with Crippen LogP contribution in [0.4, 0.5) is 20.0 Å². The zero-order valence-electron chi connectivity index (χ0n) is 26.4. The van der Waals surface area contributed by atoms with Crippen LogP contribution in [-0.2, 0) is 21.9 Å². The van der Waals surface area contributed by atoms with E-state index in [1.165, 1.54) is 17.8 Å². The van der Waals surface area contributed by atoms with E-state index in [4.69, 9.17) is 24.5 Å². The van der Waals surface area contributed by atoms with E-state index in [1.807, 2.05) is 13.3 Å². The van der Waals surface area contributed by atoms with Crippen molar-refractivity contribution in [2.45, 2.75) is 62.3 Å². The highest BCUT2D eigenvalue weighted by atomic mass is 32.2. The maximum Gasteiger partial charge on any atom is 0.412 e. The third-order valence-electron chi connectivity index (χ3n) is 8.54. The predicted molar refractivity (Wildman–Crippen MR) is 175 cm³/mol. The maximum atomic E-state index is 15.4. The summed E-state index contributed by atoms with van der Waals surface area (Å²) in [6.07, 6.45) is 2.92. The summed E-state index contributed by atoms with van der Waals surface area (Å²) in [7, 11) is 1.85. The Morgan fingerprint density at radius 2 is 2.07 bits per heavy atom. The number of aromatic nitrogens is 4. The number of carbonyl (C=O) groups is 1. The largest absolute Gasteiger partial charge is 0.444 e. The number of fused-ring (bicyclic) bond motifs is 6. The Hall–Kier alpha value is -3.77. The lowest BCUT2D eigenvalue weighted by Gasteiger charge is -2.29. The number of nitrogens with one attached hydrogen (secondary N) is 1. The lowest BCUT2D eigenvalue weighted by molar-refractivity contribution is -0.0123. The van der Waals surface area contributed by atoms with Crippen LogP contribution in [0, 0.1) is 17.1 Å². The number of hydrogen-bond acceptors (Lipinski definition) is 11. The summed E-state index contributed by atoms with van der Waals surface area (Å²) < 4.78 is 28.6. The molecule has 1 amide bonds. The Balaban J connectivity index is 1.43. The number of nitriles is 1. The van der Waals surface area contributed by atoms with Gasteiger partial charge in [-0.05, 0) is 58.9 Å². The van der Waals surface area contributed by atoms with E-state index in [9.17, 15) is 15.2 Å². The quantitative estimate of drug-likeness (QED) is 0.203. The van der Waals surface area contributed by atoms with E-state index in [-0.39, 0.29) is 21.9 Å². The predicted octanol–water partition coefficient (Wildman–Crippen LogP) is 5.82. The molecule has 1 saturated heterocycles. The third-order valence-corrected chi connectivity index (χ3v) is 10.2. The summed E-state index contributed by atoms with van der Waals surface area (Å²) in [5, 5.41) is 30.4. The number of amides is 1. The van der Waals surface area contributed by atoms with Gasteiger partial charge in [0.2, 0.25) is 0 Å². The molecule has 4 aromatic rings. The van der Waals surface area contributed by atoms with E-state index >= 15 is 4.39 Å². The van der Waals surface area contributed by atoms with Crippen molar-refractivity contribution in [2.75, 3.05) is 42.8 Å². The van der Waals surface area contributed by atoms with Gasteiger partial charge in [-0.3, -0.25) is 10.00 Å². The Morgan fingerprint density at radius 3 is 2.74 bits per heavy atom. The van der Waals surface area contributed by atoms with E-state index in [0.29, 0.717) is 41.6 Å². The van der Waals surface area contributed by atoms with Crippen molar-refractivity contribution >= 4 is 50.1 Å². The van der Waals surface area contributed by atoms with Crippen LogP contribution >= 0.6 is 23.1 Å². The molecule has 3 aliphatic rings. The van der Waals surface area contributed by atoms with Crippen molar-refractivity contribution in [2.24, 2.45) is 7.05 Å². The Kier molecular flexibility index (Phi) is 7.13. The number of thiophene rings is 1. The molecule has 46 heavy (non-hydrogen) atoms. The van der Waals surface area contributed by atoms with Gasteiger partial charge in [0.1, 0.15) is 39.6 Å². The number of aryl methyl sites for hydroxylation is 1. The van der Waals surface area contributed by atoms with Crippen LogP contribution < -0.4 is 10.2 Å². The molecular formula is C32H34FN7O4S2. The van der Waals surface area contributed by atoms with E-state index in [1.54, 1.807) is 38.4 Å². The average Bonchev–Trinajstić information content (AvgIpc) is 3.56. The fraction of sp³-hybridized carbons (Fsp3) is 0.469. The van der Waals surface area contributed by atoms with Crippen LogP contribution in [0.15, 0.2) is 17.3 Å². The molecule has 1 saturated carbocycles. The standard InChI is InChI=1S/C32H34FN7O4S2/c1-30(2,3)44-29(41)37-27-17(13-34)19-16(7-8-18(33)24(19)46-27)23-21-22(38-39(23)5)20-25(32(21)9-10-32)35-28(45-6)36-26(20)40-11-12-43-15-31(4,42)14-40/h7-8,42H,9-12,14-15H2,1-6H3,(H,37,41)/t31-/m0/s1. The van der Waals surface area contributed by atoms with Crippen molar-refractivity contribution in [3.63, 3.8) is 0 Å². The van der Waals surface area contributed by atoms with Gasteiger partial charge in [-0.2, -0.15) is 10.4 Å². The number of thioether (sulfide) groups is 1. The number of nitrogens with zero attached hydrogens (tertiary/aromatic N) is 6. The number of aliphatic hydroxyl groups is 1. The molecule has 1 atom stereocenters. The molecule has 240 valence electrons. The minimum Gasteiger partial charge on any atom is -0.444 e. The molecule has 2 aliphatic carbocycles. The van der Waals surface area contributed by atoms with Gasteiger partial charge in [-0.15, -0.1) is 11.3 Å². The second-order valence-corrected chi connectivity index (χ2v) is 15.1. The molecule has 4 heterocycles. The molecule has 14 heteroatoms. The minimum absolute atomic E-state index is 0.160. The number of β-amino-alcohol motifs (C(OH)–C–C–N with tert-alkyl or cyclic N) is 1. The third kappa shape index (κ3) is 4.92. The second kappa shape index (κ2) is 10.6. The number of halogens is 1. The van der Waals surface area contributed by atoms with Crippen LogP contribution in [0.25, 0.3) is 32.6 Å². The van der Waals surface area contributed by atoms with Gasteiger partial charge >= 0.3 is 6.09 Å². The van der Waals surface area contributed by atoms with E-state index < -0.39 is 28.5 Å². The molecule has 1 aromatic carbocycles. The summed E-state index contributed by atoms with van der Waals surface area (Å²) >= 11 is 2.47. The van der Waals surface area contributed by atoms with Crippen LogP contribution in [-0.4, -0.2) is 74.7 Å². The van der Waals surface area contributed by atoms with Crippen LogP contribution in [0.5, 0.6) is 0 Å². The summed E-state index contributed by atoms with van der Waals surface area (Å²) in [6.45, 7) is 8.54. The van der Waals surface area contributed by atoms with Gasteiger partial charge in [0.25, 0.3) is 0 Å². The molecule has 0 unspecified atom stereocenters. The number of anilines is 2. The SMILES string of the molecule is CSc1nc(N2CCOC[C@@](C)(O)C2)c2c(n1)C1(CC1)c1c-2nn(C)c1-c1ccc(F)c2sc(NC(=O)OC(C)(C)C)c(C#N)c12. The van der Waals surface area contributed by atoms with Crippen molar-refractivity contribution < 1.29 is 23.8 Å². The van der Waals surface area contributed by atoms with E-state index in [0.717, 1.165) is 52.4 Å². The van der Waals surface area contributed by atoms with Gasteiger partial charge in [-0.25, -0.2) is 19.2 Å². The smallest absolute Gasteiger partial charge is 0.412 e. The Bertz CT molecular complexity index is 1970. The maximum absolute atomic E-state index is 15.4. The fourth-order valence-electron chi connectivity index (χ4n) is 6.65. The summed E-state index contributed by atoms with van der Waals surface area (Å²) in [5.74, 6) is 0.213. The monoisotopic (exact) mass is 663 g/mol. The zero-order valence-corrected chi connectivity index (χ0v) is 28.1. The highest BCUT2D eigenvalue weighted by Crippen LogP contribution is 2.65. The molecule has 1 aliphatic heterocycles. The minimum atomic E-state index is -1.07. The molecule has 0 bridgehead atoms. The van der Waals surface area contributed by atoms with Gasteiger partial charge in [-0.1, -0.05) is 11.8 Å². The van der Waals surface area contributed by atoms with Gasteiger partial charge in [0.15, 0.2) is 5.16 Å². The van der Waals surface area contributed by atoms with Gasteiger partial charge in [0, 0.05) is 35.5 Å². The molecule has 7 rings (SSSR count). The Morgan fingerprint density at radius 1 is 1.30 bits per heavy atom. The first-order valence-electron chi connectivity index (χ1n) is 15.0. The highest BCUT2D eigenvalue weighted by molar-refractivity contribution is 7.98. The highest BCUT2D eigenvalue weighted by Gasteiger charge is 2.58. The van der Waals surface area contributed by atoms with Gasteiger partial charge in [0.05, 0.1) is 47.0 Å². The summed E-state index contributed by atoms with van der Waals surface area (Å²) in [6, 6.07) is 5.29. The normalized spacial score (nSPS) is 19.9. The first kappa shape index (κ1) is 30.9. The van der Waals surface area contributed by atoms with E-state index in [2.05, 4.69) is 16.3 Å². The fourth-order valence-corrected chi connectivity index (χ4v) is 8.08. The molecule has 11 nitrogen and oxygen atoms in total. The number of carbonyl (C=O) groups excluding carboxylic acids is 1. The molecule has 2 fully saturated rings. The van der Waals surface area contributed by atoms with Crippen molar-refractivity contribution in [1.82, 2.24) is 19.7 Å². The number of benzene rings is 1. The first-order chi connectivity index (χ1) is 21.8. The summed E-state index contributed by atoms with van der Waals surface area (Å²) in [4.78, 5) is 24.8. The molecular weight excluding hydrogens is 630 g/mol. The second-order valence-electron chi connectivity index (χ2n) is 13.4. The number of rotatable bonds is 4. The lowest BCUT2D eigenvalue weighted by atomic mass is 9.92. The van der Waals surface area contributed by atoms with Crippen molar-refractivity contribution in [1.29, 1.82) is 5.26 Å².